The second kappa shape index (κ2) is 6.57. The average molecular weight is 305 g/mol. The molecule has 3 rings (SSSR count). The number of hydrogen-bond acceptors (Lipinski definition) is 4. The van der Waals surface area contributed by atoms with Gasteiger partial charge in [0.15, 0.2) is 0 Å². The first-order chi connectivity index (χ1) is 10.7. The molecule has 0 bridgehead atoms. The largest absolute Gasteiger partial charge is 0.497 e. The summed E-state index contributed by atoms with van der Waals surface area (Å²) in [5, 5.41) is 0. The third-order valence-electron chi connectivity index (χ3n) is 4.59. The van der Waals surface area contributed by atoms with Crippen LogP contribution in [0.2, 0.25) is 0 Å². The molecule has 1 aliphatic carbocycles. The molecule has 1 aromatic carbocycles. The Hall–Kier alpha value is -1.75. The van der Waals surface area contributed by atoms with E-state index < -0.39 is 0 Å². The van der Waals surface area contributed by atoms with E-state index in [0.29, 0.717) is 30.2 Å². The molecule has 0 aromatic heterocycles. The number of methoxy groups -OCH3 is 2. The molecule has 0 spiro atoms. The van der Waals surface area contributed by atoms with Crippen molar-refractivity contribution in [3.63, 3.8) is 0 Å². The molecule has 120 valence electrons. The first kappa shape index (κ1) is 15.2. The Labute approximate surface area is 131 Å². The Bertz CT molecular complexity index is 521. The minimum Gasteiger partial charge on any atom is -0.497 e. The number of carbonyl (C=O) groups is 1. The molecule has 2 aliphatic rings. The molecule has 5 nitrogen and oxygen atoms in total. The molecule has 1 saturated carbocycles. The summed E-state index contributed by atoms with van der Waals surface area (Å²) in [5.41, 5.74) is 0.613. The standard InChI is InChI=1S/C17H23NO4/c1-20-13-9-12(10-14(11-13)21-2)17(19)18-7-8-22-16-6-4-3-5-15(16)18/h9-11,15-16H,3-8H2,1-2H3. The Morgan fingerprint density at radius 1 is 1.14 bits per heavy atom. The van der Waals surface area contributed by atoms with Crippen LogP contribution in [-0.4, -0.2) is 50.3 Å². The van der Waals surface area contributed by atoms with E-state index >= 15 is 0 Å². The van der Waals surface area contributed by atoms with Crippen molar-refractivity contribution in [3.8, 4) is 11.5 Å². The fourth-order valence-corrected chi connectivity index (χ4v) is 3.45. The highest BCUT2D eigenvalue weighted by molar-refractivity contribution is 5.95. The molecule has 2 atom stereocenters. The van der Waals surface area contributed by atoms with Gasteiger partial charge in [-0.3, -0.25) is 4.79 Å². The van der Waals surface area contributed by atoms with Gasteiger partial charge in [-0.25, -0.2) is 0 Å². The van der Waals surface area contributed by atoms with E-state index in [2.05, 4.69) is 0 Å². The second-order valence-electron chi connectivity index (χ2n) is 5.86. The molecule has 2 fully saturated rings. The first-order valence-electron chi connectivity index (χ1n) is 7.88. The maximum atomic E-state index is 13.0. The lowest BCUT2D eigenvalue weighted by molar-refractivity contribution is -0.0752. The van der Waals surface area contributed by atoms with Crippen molar-refractivity contribution in [1.82, 2.24) is 4.90 Å². The fourth-order valence-electron chi connectivity index (χ4n) is 3.45. The molecular formula is C17H23NO4. The van der Waals surface area contributed by atoms with Gasteiger partial charge >= 0.3 is 0 Å². The number of rotatable bonds is 3. The van der Waals surface area contributed by atoms with Gasteiger partial charge in [0, 0.05) is 18.2 Å². The molecule has 0 radical (unpaired) electrons. The summed E-state index contributed by atoms with van der Waals surface area (Å²) in [6.07, 6.45) is 4.62. The zero-order valence-corrected chi connectivity index (χ0v) is 13.2. The summed E-state index contributed by atoms with van der Waals surface area (Å²) in [6, 6.07) is 5.53. The number of benzene rings is 1. The summed E-state index contributed by atoms with van der Waals surface area (Å²) in [5.74, 6) is 1.31. The molecule has 1 aliphatic heterocycles. The summed E-state index contributed by atoms with van der Waals surface area (Å²) in [4.78, 5) is 14.9. The number of ether oxygens (including phenoxy) is 3. The maximum absolute atomic E-state index is 13.0. The van der Waals surface area contributed by atoms with Gasteiger partial charge in [-0.15, -0.1) is 0 Å². The van der Waals surface area contributed by atoms with Gasteiger partial charge in [-0.2, -0.15) is 0 Å². The van der Waals surface area contributed by atoms with Crippen molar-refractivity contribution >= 4 is 5.91 Å². The van der Waals surface area contributed by atoms with Crippen LogP contribution in [0.3, 0.4) is 0 Å². The van der Waals surface area contributed by atoms with Gasteiger partial charge in [0.2, 0.25) is 0 Å². The molecule has 22 heavy (non-hydrogen) atoms. The zero-order chi connectivity index (χ0) is 15.5. The van der Waals surface area contributed by atoms with E-state index in [9.17, 15) is 4.79 Å². The Morgan fingerprint density at radius 2 is 1.82 bits per heavy atom. The van der Waals surface area contributed by atoms with Crippen LogP contribution in [0.25, 0.3) is 0 Å². The average Bonchev–Trinajstić information content (AvgIpc) is 2.60. The lowest BCUT2D eigenvalue weighted by Gasteiger charge is -2.43. The van der Waals surface area contributed by atoms with Crippen LogP contribution in [-0.2, 0) is 4.74 Å². The SMILES string of the molecule is COc1cc(OC)cc(C(=O)N2CCOC3CCCCC32)c1. The smallest absolute Gasteiger partial charge is 0.254 e. The summed E-state index contributed by atoms with van der Waals surface area (Å²) >= 11 is 0. The van der Waals surface area contributed by atoms with Crippen LogP contribution in [0.4, 0.5) is 0 Å². The van der Waals surface area contributed by atoms with Gasteiger partial charge in [-0.05, 0) is 25.0 Å². The third-order valence-corrected chi connectivity index (χ3v) is 4.59. The maximum Gasteiger partial charge on any atom is 0.254 e. The lowest BCUT2D eigenvalue weighted by Crippen LogP contribution is -2.54. The number of fused-ring (bicyclic) bond motifs is 1. The summed E-state index contributed by atoms with van der Waals surface area (Å²) in [6.45, 7) is 1.27. The van der Waals surface area contributed by atoms with Crippen LogP contribution in [0.15, 0.2) is 18.2 Å². The van der Waals surface area contributed by atoms with E-state index in [1.165, 1.54) is 6.42 Å². The molecule has 1 aromatic rings. The highest BCUT2D eigenvalue weighted by Gasteiger charge is 2.37. The monoisotopic (exact) mass is 305 g/mol. The van der Waals surface area contributed by atoms with Gasteiger partial charge in [0.1, 0.15) is 11.5 Å². The Morgan fingerprint density at radius 3 is 2.50 bits per heavy atom. The van der Waals surface area contributed by atoms with E-state index in [-0.39, 0.29) is 18.1 Å². The number of amides is 1. The number of hydrogen-bond donors (Lipinski definition) is 0. The Kier molecular flexibility index (Phi) is 4.52. The normalized spacial score (nSPS) is 24.5. The first-order valence-corrected chi connectivity index (χ1v) is 7.88. The van der Waals surface area contributed by atoms with Crippen molar-refractivity contribution in [2.45, 2.75) is 37.8 Å². The zero-order valence-electron chi connectivity index (χ0n) is 13.2. The van der Waals surface area contributed by atoms with Crippen molar-refractivity contribution in [2.75, 3.05) is 27.4 Å². The number of morpholine rings is 1. The topological polar surface area (TPSA) is 48.0 Å². The van der Waals surface area contributed by atoms with E-state index in [4.69, 9.17) is 14.2 Å². The van der Waals surface area contributed by atoms with Crippen LogP contribution < -0.4 is 9.47 Å². The van der Waals surface area contributed by atoms with Crippen LogP contribution >= 0.6 is 0 Å². The fraction of sp³-hybridized carbons (Fsp3) is 0.588. The number of carbonyl (C=O) groups excluding carboxylic acids is 1. The van der Waals surface area contributed by atoms with Crippen molar-refractivity contribution in [1.29, 1.82) is 0 Å². The lowest BCUT2D eigenvalue weighted by atomic mass is 9.89. The van der Waals surface area contributed by atoms with Gasteiger partial charge in [0.05, 0.1) is 33.0 Å². The molecule has 1 saturated heterocycles. The molecule has 1 amide bonds. The molecule has 1 heterocycles. The summed E-state index contributed by atoms with van der Waals surface area (Å²) in [7, 11) is 3.18. The molecule has 2 unspecified atom stereocenters. The summed E-state index contributed by atoms with van der Waals surface area (Å²) < 4.78 is 16.4. The predicted molar refractivity (Wildman–Crippen MR) is 82.6 cm³/mol. The molecule has 0 N–H and O–H groups in total. The van der Waals surface area contributed by atoms with E-state index in [1.807, 2.05) is 4.90 Å². The van der Waals surface area contributed by atoms with Crippen molar-refractivity contribution < 1.29 is 19.0 Å². The van der Waals surface area contributed by atoms with Crippen LogP contribution in [0.1, 0.15) is 36.0 Å². The van der Waals surface area contributed by atoms with E-state index in [1.54, 1.807) is 32.4 Å². The number of nitrogens with zero attached hydrogens (tertiary/aromatic N) is 1. The van der Waals surface area contributed by atoms with Crippen molar-refractivity contribution in [3.05, 3.63) is 23.8 Å². The Balaban J connectivity index is 1.86. The van der Waals surface area contributed by atoms with Crippen LogP contribution in [0.5, 0.6) is 11.5 Å². The van der Waals surface area contributed by atoms with Gasteiger partial charge < -0.3 is 19.1 Å². The van der Waals surface area contributed by atoms with Crippen molar-refractivity contribution in [2.24, 2.45) is 0 Å². The van der Waals surface area contributed by atoms with Gasteiger partial charge in [0.25, 0.3) is 5.91 Å². The highest BCUT2D eigenvalue weighted by Crippen LogP contribution is 2.31. The predicted octanol–water partition coefficient (Wildman–Crippen LogP) is 2.49. The third kappa shape index (κ3) is 2.90. The van der Waals surface area contributed by atoms with Gasteiger partial charge in [-0.1, -0.05) is 12.8 Å². The highest BCUT2D eigenvalue weighted by atomic mass is 16.5. The second-order valence-corrected chi connectivity index (χ2v) is 5.86. The molecule has 5 heteroatoms. The quantitative estimate of drug-likeness (QED) is 0.861. The minimum atomic E-state index is 0.0393. The molecular weight excluding hydrogens is 282 g/mol. The minimum absolute atomic E-state index is 0.0393. The van der Waals surface area contributed by atoms with E-state index in [0.717, 1.165) is 19.3 Å². The van der Waals surface area contributed by atoms with Crippen LogP contribution in [0, 0.1) is 0 Å².